The number of amides is 2. The van der Waals surface area contributed by atoms with E-state index in [2.05, 4.69) is 15.9 Å². The van der Waals surface area contributed by atoms with Crippen molar-refractivity contribution in [3.8, 4) is 11.1 Å². The Hall–Kier alpha value is -3.79. The third-order valence-corrected chi connectivity index (χ3v) is 6.08. The summed E-state index contributed by atoms with van der Waals surface area (Å²) in [6.45, 7) is -1.40. The van der Waals surface area contributed by atoms with Crippen LogP contribution in [0.1, 0.15) is 27.4 Å². The molecule has 0 atom stereocenters. The van der Waals surface area contributed by atoms with Gasteiger partial charge in [-0.3, -0.25) is 4.79 Å². The lowest BCUT2D eigenvalue weighted by atomic mass is 9.98. The van der Waals surface area contributed by atoms with Gasteiger partial charge in [0.25, 0.3) is 5.91 Å². The number of alkyl carbamates (subject to hydrolysis) is 1. The number of fused-ring (bicyclic) bond motifs is 3. The van der Waals surface area contributed by atoms with Gasteiger partial charge in [-0.1, -0.05) is 64.5 Å². The third-order valence-electron chi connectivity index (χ3n) is 5.59. The van der Waals surface area contributed by atoms with E-state index >= 15 is 0 Å². The van der Waals surface area contributed by atoms with Crippen LogP contribution in [-0.4, -0.2) is 42.2 Å². The van der Waals surface area contributed by atoms with Gasteiger partial charge >= 0.3 is 18.0 Å². The highest BCUT2D eigenvalue weighted by Crippen LogP contribution is 2.44. The molecule has 180 valence electrons. The average Bonchev–Trinajstić information content (AvgIpc) is 3.16. The van der Waals surface area contributed by atoms with Gasteiger partial charge in [-0.05, 0) is 40.5 Å². The second-order valence-electron chi connectivity index (χ2n) is 7.83. The van der Waals surface area contributed by atoms with Crippen LogP contribution in [0.5, 0.6) is 0 Å². The van der Waals surface area contributed by atoms with Crippen molar-refractivity contribution in [3.63, 3.8) is 0 Å². The molecule has 3 N–H and O–H groups in total. The lowest BCUT2D eigenvalue weighted by Gasteiger charge is -2.18. The molecule has 1 aliphatic carbocycles. The second kappa shape index (κ2) is 9.83. The maximum Gasteiger partial charge on any atom is 0.407 e. The van der Waals surface area contributed by atoms with E-state index in [9.17, 15) is 28.3 Å². The molecule has 0 bridgehead atoms. The van der Waals surface area contributed by atoms with E-state index in [-0.39, 0.29) is 23.8 Å². The highest BCUT2D eigenvalue weighted by atomic mass is 79.9. The summed E-state index contributed by atoms with van der Waals surface area (Å²) in [5, 5.41) is 13.0. The van der Waals surface area contributed by atoms with Crippen molar-refractivity contribution in [1.82, 2.24) is 5.32 Å². The molecule has 10 heteroatoms. The number of hydrogen-bond acceptors (Lipinski definition) is 4. The number of carbonyl (C=O) groups excluding carboxylic acids is 2. The van der Waals surface area contributed by atoms with E-state index in [0.717, 1.165) is 22.3 Å². The molecule has 0 saturated heterocycles. The topological polar surface area (TPSA) is 105 Å². The van der Waals surface area contributed by atoms with Gasteiger partial charge in [0.15, 0.2) is 0 Å². The van der Waals surface area contributed by atoms with Crippen molar-refractivity contribution in [2.75, 3.05) is 18.5 Å². The van der Waals surface area contributed by atoms with Crippen molar-refractivity contribution >= 4 is 39.6 Å². The van der Waals surface area contributed by atoms with Gasteiger partial charge < -0.3 is 20.5 Å². The number of benzene rings is 3. The molecule has 0 saturated carbocycles. The maximum atomic E-state index is 14.4. The van der Waals surface area contributed by atoms with Gasteiger partial charge in [0, 0.05) is 10.4 Å². The Morgan fingerprint density at radius 1 is 0.971 bits per heavy atom. The summed E-state index contributed by atoms with van der Waals surface area (Å²) < 4.78 is 34.3. The Morgan fingerprint density at radius 2 is 1.57 bits per heavy atom. The Labute approximate surface area is 207 Å². The van der Waals surface area contributed by atoms with Gasteiger partial charge in [0.1, 0.15) is 6.61 Å². The summed E-state index contributed by atoms with van der Waals surface area (Å²) in [7, 11) is 0. The molecule has 3 aromatic carbocycles. The van der Waals surface area contributed by atoms with Crippen LogP contribution in [-0.2, 0) is 9.53 Å². The van der Waals surface area contributed by atoms with Gasteiger partial charge in [-0.25, -0.2) is 9.59 Å². The Bertz CT molecular complexity index is 1270. The van der Waals surface area contributed by atoms with E-state index in [1.807, 2.05) is 59.2 Å². The number of halogens is 3. The van der Waals surface area contributed by atoms with Gasteiger partial charge in [-0.15, -0.1) is 0 Å². The number of ether oxygens (including phenoxy) is 1. The zero-order valence-corrected chi connectivity index (χ0v) is 19.6. The fraction of sp³-hybridized carbons (Fsp3) is 0.160. The number of anilines is 1. The van der Waals surface area contributed by atoms with Gasteiger partial charge in [-0.2, -0.15) is 8.78 Å². The van der Waals surface area contributed by atoms with Crippen molar-refractivity contribution in [1.29, 1.82) is 0 Å². The fourth-order valence-electron chi connectivity index (χ4n) is 3.93. The van der Waals surface area contributed by atoms with Crippen LogP contribution in [0.3, 0.4) is 0 Å². The predicted octanol–water partition coefficient (Wildman–Crippen LogP) is 5.26. The highest BCUT2D eigenvalue weighted by Gasteiger charge is 2.40. The largest absolute Gasteiger partial charge is 0.478 e. The quantitative estimate of drug-likeness (QED) is 0.376. The lowest BCUT2D eigenvalue weighted by molar-refractivity contribution is -0.138. The number of carbonyl (C=O) groups is 3. The third kappa shape index (κ3) is 5.17. The van der Waals surface area contributed by atoms with Crippen LogP contribution in [0.2, 0.25) is 0 Å². The van der Waals surface area contributed by atoms with E-state index in [1.54, 1.807) is 0 Å². The van der Waals surface area contributed by atoms with E-state index in [1.165, 1.54) is 18.2 Å². The van der Waals surface area contributed by atoms with Crippen molar-refractivity contribution < 1.29 is 33.0 Å². The summed E-state index contributed by atoms with van der Waals surface area (Å²) in [5.74, 6) is -7.43. The standard InChI is InChI=1S/C25H19BrF2N2O5/c26-14-9-10-21(19(11-14)22(31)32)30-23(33)25(27,28)13-29-24(34)35-12-20-17-7-3-1-5-15(17)16-6-2-4-8-18(16)20/h1-11,20H,12-13H2,(H,29,34)(H,30,33)(H,31,32). The normalized spacial score (nSPS) is 12.4. The number of hydrogen-bond donors (Lipinski definition) is 3. The first-order valence-corrected chi connectivity index (χ1v) is 11.3. The molecule has 35 heavy (non-hydrogen) atoms. The number of nitrogens with one attached hydrogen (secondary N) is 2. The minimum absolute atomic E-state index is 0.0709. The molecule has 0 spiro atoms. The number of carboxylic acid groups (broad SMARTS) is 1. The van der Waals surface area contributed by atoms with E-state index in [0.29, 0.717) is 4.47 Å². The van der Waals surface area contributed by atoms with E-state index in [4.69, 9.17) is 4.74 Å². The molecular formula is C25H19BrF2N2O5. The Morgan fingerprint density at radius 3 is 2.17 bits per heavy atom. The second-order valence-corrected chi connectivity index (χ2v) is 8.75. The minimum atomic E-state index is -4.02. The van der Waals surface area contributed by atoms with Crippen LogP contribution in [0.25, 0.3) is 11.1 Å². The zero-order chi connectivity index (χ0) is 25.2. The van der Waals surface area contributed by atoms with Crippen molar-refractivity contribution in [3.05, 3.63) is 87.9 Å². The summed E-state index contributed by atoms with van der Waals surface area (Å²) >= 11 is 3.08. The van der Waals surface area contributed by atoms with Crippen molar-refractivity contribution in [2.24, 2.45) is 0 Å². The number of carboxylic acids is 1. The molecule has 0 aliphatic heterocycles. The molecule has 7 nitrogen and oxygen atoms in total. The SMILES string of the molecule is O=C(NCC(F)(F)C(=O)Nc1ccc(Br)cc1C(=O)O)OCC1c2ccccc2-c2ccccc21. The number of rotatable bonds is 7. The predicted molar refractivity (Wildman–Crippen MR) is 128 cm³/mol. The maximum absolute atomic E-state index is 14.4. The number of aromatic carboxylic acids is 1. The smallest absolute Gasteiger partial charge is 0.407 e. The average molecular weight is 545 g/mol. The van der Waals surface area contributed by atoms with Crippen molar-refractivity contribution in [2.45, 2.75) is 11.8 Å². The monoisotopic (exact) mass is 544 g/mol. The molecule has 2 amide bonds. The molecule has 0 unspecified atom stereocenters. The molecule has 0 heterocycles. The van der Waals surface area contributed by atoms with Gasteiger partial charge in [0.2, 0.25) is 0 Å². The summed E-state index contributed by atoms with van der Waals surface area (Å²) in [6.07, 6.45) is -1.10. The molecule has 4 rings (SSSR count). The highest BCUT2D eigenvalue weighted by molar-refractivity contribution is 9.10. The van der Waals surface area contributed by atoms with E-state index < -0.39 is 30.4 Å². The van der Waals surface area contributed by atoms with Gasteiger partial charge in [0.05, 0.1) is 17.8 Å². The first-order valence-electron chi connectivity index (χ1n) is 10.5. The fourth-order valence-corrected chi connectivity index (χ4v) is 4.29. The molecule has 1 aliphatic rings. The summed E-state index contributed by atoms with van der Waals surface area (Å²) in [6, 6.07) is 19.1. The Kier molecular flexibility index (Phi) is 6.83. The lowest BCUT2D eigenvalue weighted by Crippen LogP contribution is -2.45. The zero-order valence-electron chi connectivity index (χ0n) is 18.1. The molecule has 0 fully saturated rings. The molecule has 3 aromatic rings. The molecular weight excluding hydrogens is 526 g/mol. The minimum Gasteiger partial charge on any atom is -0.478 e. The number of alkyl halides is 2. The summed E-state index contributed by atoms with van der Waals surface area (Å²) in [5.41, 5.74) is 3.31. The van der Waals surface area contributed by atoms with Crippen LogP contribution >= 0.6 is 15.9 Å². The van der Waals surface area contributed by atoms with Crippen LogP contribution in [0.4, 0.5) is 19.3 Å². The first kappa shape index (κ1) is 24.3. The molecule has 0 aromatic heterocycles. The van der Waals surface area contributed by atoms with Crippen LogP contribution < -0.4 is 10.6 Å². The Balaban J connectivity index is 1.36. The molecule has 0 radical (unpaired) electrons. The van der Waals surface area contributed by atoms with Crippen LogP contribution in [0, 0.1) is 0 Å². The van der Waals surface area contributed by atoms with Crippen LogP contribution in [0.15, 0.2) is 71.2 Å². The first-order chi connectivity index (χ1) is 16.7. The summed E-state index contributed by atoms with van der Waals surface area (Å²) in [4.78, 5) is 35.6.